The number of carbonyl (C=O) groups is 3. The molecule has 0 radical (unpaired) electrons. The Labute approximate surface area is 343 Å². The Hall–Kier alpha value is -5.97. The highest BCUT2D eigenvalue weighted by atomic mass is 35.5. The lowest BCUT2D eigenvalue weighted by Gasteiger charge is -2.17. The summed E-state index contributed by atoms with van der Waals surface area (Å²) in [5.41, 5.74) is 7.61. The molecule has 0 unspecified atom stereocenters. The summed E-state index contributed by atoms with van der Waals surface area (Å²) >= 11 is 6.37. The van der Waals surface area contributed by atoms with Crippen molar-refractivity contribution in [2.24, 2.45) is 0 Å². The second-order valence-corrected chi connectivity index (χ2v) is 13.4. The first kappa shape index (κ1) is 44.7. The normalized spacial score (nSPS) is 13.4. The summed E-state index contributed by atoms with van der Waals surface area (Å²) in [7, 11) is 4.71. The highest BCUT2D eigenvalue weighted by molar-refractivity contribution is 6.34. The summed E-state index contributed by atoms with van der Waals surface area (Å²) in [5.74, 6) is 3.15. The molecule has 3 aromatic carbocycles. The van der Waals surface area contributed by atoms with Crippen LogP contribution in [0.4, 0.5) is 21.9 Å². The van der Waals surface area contributed by atoms with Crippen LogP contribution in [-0.2, 0) is 4.79 Å². The molecule has 17 heteroatoms. The fourth-order valence-electron chi connectivity index (χ4n) is 6.05. The van der Waals surface area contributed by atoms with Gasteiger partial charge in [0.05, 0.1) is 24.9 Å². The van der Waals surface area contributed by atoms with Gasteiger partial charge in [0, 0.05) is 62.0 Å². The summed E-state index contributed by atoms with van der Waals surface area (Å²) < 4.78 is 28.1. The highest BCUT2D eigenvalue weighted by Crippen LogP contribution is 2.36. The van der Waals surface area contributed by atoms with Gasteiger partial charge in [-0.2, -0.15) is 0 Å². The average Bonchev–Trinajstić information content (AvgIpc) is 3.96. The number of aromatic nitrogens is 1. The van der Waals surface area contributed by atoms with E-state index in [4.69, 9.17) is 50.9 Å². The monoisotopic (exact) mass is 821 g/mol. The number of nitrogen functional groups attached to an aromatic ring is 1. The molecule has 2 aliphatic heterocycles. The first-order valence-electron chi connectivity index (χ1n) is 18.8. The zero-order chi connectivity index (χ0) is 41.7. The van der Waals surface area contributed by atoms with E-state index in [1.54, 1.807) is 62.8 Å². The molecule has 312 valence electrons. The second kappa shape index (κ2) is 23.9. The van der Waals surface area contributed by atoms with E-state index in [2.05, 4.69) is 30.7 Å². The van der Waals surface area contributed by atoms with E-state index < -0.39 is 6.03 Å². The van der Waals surface area contributed by atoms with Crippen LogP contribution in [0.2, 0.25) is 5.02 Å². The average molecular weight is 822 g/mol. The standard InChI is InChI=1S/C27H30ClN5O5.C13H20N2O2.CH2O2/c1-29-26(34)23-15-20(9-10-30-23)38-19-7-5-18(6-8-19)31-27(35)32-22-17-25(24(36-2)16-21(22)28)37-14-13-33-11-3-4-12-33;1-16-12-5-4-11(14)10-13(12)17-9-8-15-6-2-3-7-15;2-1-3/h5-10,15-17H,3-4,11-14H2,1-2H3,(H,29,34)(H2,31,32,35);4-5,10H,2-3,6-9,14H2,1H3;1H,(H,2,3). The molecule has 0 atom stereocenters. The van der Waals surface area contributed by atoms with Crippen molar-refractivity contribution < 1.29 is 43.2 Å². The first-order valence-corrected chi connectivity index (χ1v) is 19.2. The van der Waals surface area contributed by atoms with Crippen LogP contribution in [0.5, 0.6) is 34.5 Å². The van der Waals surface area contributed by atoms with E-state index in [0.29, 0.717) is 58.3 Å². The summed E-state index contributed by atoms with van der Waals surface area (Å²) in [6.07, 6.45) is 6.54. The number of likely N-dealkylation sites (tertiary alicyclic amines) is 2. The quantitative estimate of drug-likeness (QED) is 0.0647. The molecule has 6 N–H and O–H groups in total. The summed E-state index contributed by atoms with van der Waals surface area (Å²) in [6, 6.07) is 18.2. The molecule has 2 fully saturated rings. The molecule has 2 saturated heterocycles. The third kappa shape index (κ3) is 14.5. The van der Waals surface area contributed by atoms with Crippen molar-refractivity contribution in [3.63, 3.8) is 0 Å². The number of nitrogens with two attached hydrogens (primary N) is 1. The lowest BCUT2D eigenvalue weighted by atomic mass is 10.2. The third-order valence-electron chi connectivity index (χ3n) is 8.96. The number of anilines is 3. The van der Waals surface area contributed by atoms with Crippen LogP contribution in [-0.4, -0.2) is 112 Å². The van der Waals surface area contributed by atoms with Gasteiger partial charge in [-0.15, -0.1) is 0 Å². The first-order chi connectivity index (χ1) is 28.2. The number of nitrogens with zero attached hydrogens (tertiary/aromatic N) is 3. The zero-order valence-corrected chi connectivity index (χ0v) is 33.8. The van der Waals surface area contributed by atoms with Crippen LogP contribution < -0.4 is 45.4 Å². The number of urea groups is 1. The van der Waals surface area contributed by atoms with Gasteiger partial charge in [-0.25, -0.2) is 4.79 Å². The topological polar surface area (TPSA) is 199 Å². The highest BCUT2D eigenvalue weighted by Gasteiger charge is 2.16. The molecule has 2 aliphatic rings. The van der Waals surface area contributed by atoms with E-state index in [1.807, 2.05) is 18.2 Å². The fourth-order valence-corrected chi connectivity index (χ4v) is 6.25. The maximum Gasteiger partial charge on any atom is 0.323 e. The predicted octanol–water partition coefficient (Wildman–Crippen LogP) is 6.47. The molecule has 4 aromatic rings. The van der Waals surface area contributed by atoms with Gasteiger partial charge in [0.2, 0.25) is 0 Å². The number of carboxylic acid groups (broad SMARTS) is 1. The minimum Gasteiger partial charge on any atom is -0.493 e. The molecular formula is C41H52ClN7O9. The van der Waals surface area contributed by atoms with E-state index in [9.17, 15) is 9.59 Å². The van der Waals surface area contributed by atoms with Crippen LogP contribution in [0.1, 0.15) is 36.2 Å². The predicted molar refractivity (Wildman–Crippen MR) is 223 cm³/mol. The van der Waals surface area contributed by atoms with E-state index >= 15 is 0 Å². The molecule has 0 saturated carbocycles. The van der Waals surface area contributed by atoms with Gasteiger partial charge in [-0.1, -0.05) is 11.6 Å². The molecule has 0 aliphatic carbocycles. The molecular weight excluding hydrogens is 770 g/mol. The number of nitrogens with one attached hydrogen (secondary N) is 3. The van der Waals surface area contributed by atoms with Gasteiger partial charge in [0.15, 0.2) is 23.0 Å². The molecule has 58 heavy (non-hydrogen) atoms. The van der Waals surface area contributed by atoms with Crippen molar-refractivity contribution in [1.82, 2.24) is 20.1 Å². The number of methoxy groups -OCH3 is 2. The minimum absolute atomic E-state index is 0.247. The zero-order valence-electron chi connectivity index (χ0n) is 33.0. The number of rotatable bonds is 15. The Bertz CT molecular complexity index is 1910. The van der Waals surface area contributed by atoms with Crippen LogP contribution in [0, 0.1) is 0 Å². The van der Waals surface area contributed by atoms with Crippen molar-refractivity contribution in [2.45, 2.75) is 25.7 Å². The van der Waals surface area contributed by atoms with Crippen LogP contribution >= 0.6 is 11.6 Å². The van der Waals surface area contributed by atoms with Crippen LogP contribution in [0.25, 0.3) is 0 Å². The Kier molecular flexibility index (Phi) is 18.5. The molecule has 0 spiro atoms. The van der Waals surface area contributed by atoms with Crippen molar-refractivity contribution >= 4 is 47.1 Å². The minimum atomic E-state index is -0.474. The number of hydrogen-bond donors (Lipinski definition) is 5. The summed E-state index contributed by atoms with van der Waals surface area (Å²) in [6.45, 7) is 7.29. The molecule has 1 aromatic heterocycles. The number of amides is 3. The molecule has 3 heterocycles. The van der Waals surface area contributed by atoms with E-state index in [-0.39, 0.29) is 18.1 Å². The van der Waals surface area contributed by atoms with Gasteiger partial charge in [-0.05, 0) is 94.3 Å². The lowest BCUT2D eigenvalue weighted by Crippen LogP contribution is -2.25. The van der Waals surface area contributed by atoms with Gasteiger partial charge >= 0.3 is 6.03 Å². The molecule has 0 bridgehead atoms. The second-order valence-electron chi connectivity index (χ2n) is 13.0. The van der Waals surface area contributed by atoms with Gasteiger partial charge in [0.1, 0.15) is 30.4 Å². The van der Waals surface area contributed by atoms with Gasteiger partial charge in [-0.3, -0.25) is 24.4 Å². The number of hydrogen-bond acceptors (Lipinski definition) is 12. The smallest absolute Gasteiger partial charge is 0.323 e. The molecule has 16 nitrogen and oxygen atoms in total. The maximum absolute atomic E-state index is 12.7. The lowest BCUT2D eigenvalue weighted by molar-refractivity contribution is -0.122. The van der Waals surface area contributed by atoms with E-state index in [1.165, 1.54) is 52.0 Å². The number of halogens is 1. The number of benzene rings is 3. The maximum atomic E-state index is 12.7. The third-order valence-corrected chi connectivity index (χ3v) is 9.27. The summed E-state index contributed by atoms with van der Waals surface area (Å²) in [4.78, 5) is 41.6. The van der Waals surface area contributed by atoms with E-state index in [0.717, 1.165) is 37.7 Å². The van der Waals surface area contributed by atoms with Crippen molar-refractivity contribution in [1.29, 1.82) is 0 Å². The largest absolute Gasteiger partial charge is 0.493 e. The van der Waals surface area contributed by atoms with Crippen LogP contribution in [0.3, 0.4) is 0 Å². The number of carbonyl (C=O) groups excluding carboxylic acids is 2. The van der Waals surface area contributed by atoms with Gasteiger partial charge in [0.25, 0.3) is 12.4 Å². The fraction of sp³-hybridized carbons (Fsp3) is 0.366. The molecule has 3 amide bonds. The van der Waals surface area contributed by atoms with Gasteiger partial charge < -0.3 is 50.5 Å². The molecule has 6 rings (SSSR count). The SMILES string of the molecule is CNC(=O)c1cc(Oc2ccc(NC(=O)Nc3cc(OCCN4CCCC4)c(OC)cc3Cl)cc2)ccn1.COc1ccc(N)cc1OCCN1CCCC1.O=CO. The van der Waals surface area contributed by atoms with Crippen LogP contribution in [0.15, 0.2) is 72.9 Å². The summed E-state index contributed by atoms with van der Waals surface area (Å²) in [5, 5.41) is 15.2. The van der Waals surface area contributed by atoms with Crippen molar-refractivity contribution in [3.05, 3.63) is 83.6 Å². The van der Waals surface area contributed by atoms with Crippen molar-refractivity contribution in [2.75, 3.05) is 90.1 Å². The Balaban J connectivity index is 0.000000308. The Morgan fingerprint density at radius 3 is 1.95 bits per heavy atom. The number of pyridine rings is 1. The van der Waals surface area contributed by atoms with Crippen molar-refractivity contribution in [3.8, 4) is 34.5 Å². The Morgan fingerprint density at radius 1 is 0.793 bits per heavy atom. The number of ether oxygens (including phenoxy) is 5. The Morgan fingerprint density at radius 2 is 1.38 bits per heavy atom.